The molecule has 1 aromatic carbocycles. The van der Waals surface area contributed by atoms with Crippen molar-refractivity contribution in [3.63, 3.8) is 0 Å². The lowest BCUT2D eigenvalue weighted by molar-refractivity contribution is 0.282. The van der Waals surface area contributed by atoms with E-state index in [0.717, 1.165) is 16.2 Å². The summed E-state index contributed by atoms with van der Waals surface area (Å²) in [5, 5.41) is 17.4. The predicted molar refractivity (Wildman–Crippen MR) is 57.8 cm³/mol. The first-order valence-electron chi connectivity index (χ1n) is 3.97. The van der Waals surface area contributed by atoms with Crippen LogP contribution in [0.5, 0.6) is 0 Å². The van der Waals surface area contributed by atoms with Crippen LogP contribution in [0.3, 0.4) is 0 Å². The van der Waals surface area contributed by atoms with Gasteiger partial charge in [0.1, 0.15) is 0 Å². The van der Waals surface area contributed by atoms with Crippen LogP contribution in [-0.4, -0.2) is 22.6 Å². The summed E-state index contributed by atoms with van der Waals surface area (Å²) in [6, 6.07) is 7.75. The Bertz CT molecular complexity index is 236. The van der Waals surface area contributed by atoms with Gasteiger partial charge in [0.05, 0.1) is 13.2 Å². The summed E-state index contributed by atoms with van der Waals surface area (Å²) in [6.45, 7) is 0.307. The fourth-order valence-electron chi connectivity index (χ4n) is 0.797. The molecule has 0 saturated carbocycles. The summed E-state index contributed by atoms with van der Waals surface area (Å²) in [6.07, 6.45) is 0. The van der Waals surface area contributed by atoms with Crippen LogP contribution in [0.1, 0.15) is 5.56 Å². The molecule has 1 rings (SSSR count). The molecular formula is C9H12O2S2. The summed E-state index contributed by atoms with van der Waals surface area (Å²) in [4.78, 5) is 1.15. The largest absolute Gasteiger partial charge is 0.395 e. The molecule has 4 heteroatoms. The molecule has 0 bridgehead atoms. The molecule has 0 saturated heterocycles. The summed E-state index contributed by atoms with van der Waals surface area (Å²) < 4.78 is 0. The predicted octanol–water partition coefficient (Wildman–Crippen LogP) is 1.91. The van der Waals surface area contributed by atoms with Gasteiger partial charge in [-0.05, 0) is 17.7 Å². The summed E-state index contributed by atoms with van der Waals surface area (Å²) in [7, 11) is 3.26. The van der Waals surface area contributed by atoms with E-state index in [0.29, 0.717) is 0 Å². The number of hydrogen-bond donors (Lipinski definition) is 2. The average molecular weight is 216 g/mol. The maximum atomic E-state index is 8.80. The van der Waals surface area contributed by atoms with E-state index in [9.17, 15) is 0 Å². The van der Waals surface area contributed by atoms with E-state index in [1.165, 1.54) is 0 Å². The molecule has 0 heterocycles. The third-order valence-electron chi connectivity index (χ3n) is 1.44. The van der Waals surface area contributed by atoms with Gasteiger partial charge < -0.3 is 10.2 Å². The van der Waals surface area contributed by atoms with Gasteiger partial charge in [-0.1, -0.05) is 33.7 Å². The molecule has 1 aromatic rings. The van der Waals surface area contributed by atoms with Crippen molar-refractivity contribution in [1.82, 2.24) is 0 Å². The number of rotatable bonds is 5. The van der Waals surface area contributed by atoms with Crippen molar-refractivity contribution in [2.45, 2.75) is 11.5 Å². The summed E-state index contributed by atoms with van der Waals surface area (Å²) in [5.74, 6) is 0.742. The average Bonchev–Trinajstić information content (AvgIpc) is 2.19. The first kappa shape index (κ1) is 10.9. The lowest BCUT2D eigenvalue weighted by Gasteiger charge is -2.00. The van der Waals surface area contributed by atoms with Gasteiger partial charge in [0.15, 0.2) is 0 Å². The number of benzene rings is 1. The van der Waals surface area contributed by atoms with Gasteiger partial charge in [-0.3, -0.25) is 0 Å². The minimum absolute atomic E-state index is 0.0920. The normalized spacial score (nSPS) is 10.3. The Morgan fingerprint density at radius 1 is 1.08 bits per heavy atom. The van der Waals surface area contributed by atoms with Gasteiger partial charge >= 0.3 is 0 Å². The zero-order valence-corrected chi connectivity index (χ0v) is 8.77. The smallest absolute Gasteiger partial charge is 0.0681 e. The Balaban J connectivity index is 2.40. The van der Waals surface area contributed by atoms with Crippen LogP contribution in [-0.2, 0) is 6.61 Å². The van der Waals surface area contributed by atoms with Gasteiger partial charge in [-0.25, -0.2) is 0 Å². The molecule has 2 nitrogen and oxygen atoms in total. The molecule has 0 amide bonds. The van der Waals surface area contributed by atoms with E-state index in [2.05, 4.69) is 0 Å². The zero-order valence-electron chi connectivity index (χ0n) is 7.14. The van der Waals surface area contributed by atoms with E-state index >= 15 is 0 Å². The van der Waals surface area contributed by atoms with Gasteiger partial charge in [0.25, 0.3) is 0 Å². The third-order valence-corrected chi connectivity index (χ3v) is 3.80. The lowest BCUT2D eigenvalue weighted by Crippen LogP contribution is -1.83. The molecule has 0 unspecified atom stereocenters. The van der Waals surface area contributed by atoms with Crippen LogP contribution in [0.25, 0.3) is 0 Å². The second kappa shape index (κ2) is 6.32. The maximum absolute atomic E-state index is 8.80. The minimum Gasteiger partial charge on any atom is -0.395 e. The van der Waals surface area contributed by atoms with E-state index in [1.54, 1.807) is 21.6 Å². The second-order valence-electron chi connectivity index (χ2n) is 2.43. The topological polar surface area (TPSA) is 40.5 Å². The molecular weight excluding hydrogens is 204 g/mol. The number of aliphatic hydroxyl groups excluding tert-OH is 2. The van der Waals surface area contributed by atoms with Gasteiger partial charge in [0, 0.05) is 10.6 Å². The number of hydrogen-bond acceptors (Lipinski definition) is 4. The molecule has 2 N–H and O–H groups in total. The maximum Gasteiger partial charge on any atom is 0.0681 e. The van der Waals surface area contributed by atoms with E-state index in [-0.39, 0.29) is 13.2 Å². The molecule has 13 heavy (non-hydrogen) atoms. The molecule has 0 radical (unpaired) electrons. The highest BCUT2D eigenvalue weighted by Crippen LogP contribution is 2.30. The molecule has 0 aliphatic rings. The fraction of sp³-hybridized carbons (Fsp3) is 0.333. The molecule has 0 spiro atoms. The van der Waals surface area contributed by atoms with Crippen LogP contribution in [0.4, 0.5) is 0 Å². The van der Waals surface area contributed by atoms with Crippen LogP contribution in [0.15, 0.2) is 29.2 Å². The first-order valence-corrected chi connectivity index (χ1v) is 6.29. The van der Waals surface area contributed by atoms with Crippen molar-refractivity contribution in [2.24, 2.45) is 0 Å². The van der Waals surface area contributed by atoms with Gasteiger partial charge in [0.2, 0.25) is 0 Å². The van der Waals surface area contributed by atoms with Crippen LogP contribution in [0.2, 0.25) is 0 Å². The summed E-state index contributed by atoms with van der Waals surface area (Å²) >= 11 is 0. The quantitative estimate of drug-likeness (QED) is 0.583. The molecule has 0 aliphatic heterocycles. The van der Waals surface area contributed by atoms with Crippen molar-refractivity contribution in [2.75, 3.05) is 12.4 Å². The monoisotopic (exact) mass is 216 g/mol. The zero-order chi connectivity index (χ0) is 9.52. The van der Waals surface area contributed by atoms with Crippen molar-refractivity contribution in [3.05, 3.63) is 29.8 Å². The third kappa shape index (κ3) is 4.04. The highest BCUT2D eigenvalue weighted by atomic mass is 33.1. The lowest BCUT2D eigenvalue weighted by atomic mass is 10.2. The van der Waals surface area contributed by atoms with Crippen molar-refractivity contribution in [3.8, 4) is 0 Å². The molecule has 0 aliphatic carbocycles. The summed E-state index contributed by atoms with van der Waals surface area (Å²) in [5.41, 5.74) is 0.927. The molecule has 0 aromatic heterocycles. The van der Waals surface area contributed by atoms with E-state index < -0.39 is 0 Å². The molecule has 0 fully saturated rings. The SMILES string of the molecule is OCCSSc1ccc(CO)cc1. The van der Waals surface area contributed by atoms with Crippen LogP contribution >= 0.6 is 21.6 Å². The van der Waals surface area contributed by atoms with Crippen molar-refractivity contribution < 1.29 is 10.2 Å². The Labute approximate surface area is 85.8 Å². The Kier molecular flexibility index (Phi) is 5.31. The minimum atomic E-state index is 0.0920. The van der Waals surface area contributed by atoms with Gasteiger partial charge in [-0.2, -0.15) is 0 Å². The van der Waals surface area contributed by atoms with Crippen LogP contribution < -0.4 is 0 Å². The Morgan fingerprint density at radius 2 is 1.77 bits per heavy atom. The Hall–Kier alpha value is -0.160. The van der Waals surface area contributed by atoms with E-state index in [4.69, 9.17) is 10.2 Å². The molecule has 72 valence electrons. The molecule has 0 atom stereocenters. The first-order chi connectivity index (χ1) is 6.36. The van der Waals surface area contributed by atoms with Crippen molar-refractivity contribution in [1.29, 1.82) is 0 Å². The van der Waals surface area contributed by atoms with Gasteiger partial charge in [-0.15, -0.1) is 0 Å². The van der Waals surface area contributed by atoms with E-state index in [1.807, 2.05) is 24.3 Å². The Morgan fingerprint density at radius 3 is 2.31 bits per heavy atom. The van der Waals surface area contributed by atoms with Crippen molar-refractivity contribution >= 4 is 21.6 Å². The van der Waals surface area contributed by atoms with Crippen LogP contribution in [0, 0.1) is 0 Å². The highest BCUT2D eigenvalue weighted by Gasteiger charge is 1.94. The fourth-order valence-corrected chi connectivity index (χ4v) is 2.55. The number of aliphatic hydroxyl groups is 2. The standard InChI is InChI=1S/C9H12O2S2/c10-5-6-12-13-9-3-1-8(7-11)2-4-9/h1-4,10-11H,5-7H2. The highest BCUT2D eigenvalue weighted by molar-refractivity contribution is 8.76. The second-order valence-corrected chi connectivity index (χ2v) is 4.92.